The molecule has 1 aliphatic carbocycles. The van der Waals surface area contributed by atoms with Crippen molar-refractivity contribution in [3.63, 3.8) is 0 Å². The van der Waals surface area contributed by atoms with E-state index >= 15 is 0 Å². The fourth-order valence-corrected chi connectivity index (χ4v) is 7.49. The van der Waals surface area contributed by atoms with Crippen LogP contribution in [-0.4, -0.2) is 73.7 Å². The molecule has 0 bridgehead atoms. The van der Waals surface area contributed by atoms with Crippen molar-refractivity contribution in [2.75, 3.05) is 19.3 Å². The first-order valence-electron chi connectivity index (χ1n) is 13.5. The number of hydrogen-bond donors (Lipinski definition) is 1. The summed E-state index contributed by atoms with van der Waals surface area (Å²) in [4.78, 5) is 30.2. The molecule has 2 aromatic carbocycles. The molecule has 0 spiro atoms. The number of rotatable bonds is 9. The number of nitrogens with zero attached hydrogens (tertiary/aromatic N) is 2. The van der Waals surface area contributed by atoms with Crippen molar-refractivity contribution in [1.82, 2.24) is 15.1 Å². The lowest BCUT2D eigenvalue weighted by atomic mass is 9.81. The molecule has 10 heteroatoms. The zero-order valence-corrected chi connectivity index (χ0v) is 24.3. The lowest BCUT2D eigenvalue weighted by Crippen LogP contribution is -2.53. The molecule has 2 amide bonds. The molecular weight excluding hydrogens is 538 g/mol. The number of likely N-dealkylation sites (tertiary alicyclic amines) is 1. The molecule has 1 saturated carbocycles. The number of halogens is 1. The topological polar surface area (TPSA) is 96.0 Å². The highest BCUT2D eigenvalue weighted by Gasteiger charge is 2.44. The number of hydrogen-bond acceptors (Lipinski definition) is 6. The van der Waals surface area contributed by atoms with Gasteiger partial charge in [-0.3, -0.25) is 4.79 Å². The first-order chi connectivity index (χ1) is 18.5. The van der Waals surface area contributed by atoms with Crippen LogP contribution in [0.2, 0.25) is 5.02 Å². The van der Waals surface area contributed by atoms with Crippen molar-refractivity contribution < 1.29 is 22.7 Å². The SMILES string of the molecule is CC(C)N(C)[C@@H]1CC[C@H](N2CC[C@H](NC(=O)OCc3ccccc3)C2=O)[C@H](CS(=O)(=O)c2ccc(Cl)cc2)C1. The van der Waals surface area contributed by atoms with Crippen LogP contribution in [0.5, 0.6) is 0 Å². The quantitative estimate of drug-likeness (QED) is 0.472. The minimum absolute atomic E-state index is 0.0529. The molecule has 2 fully saturated rings. The Hall–Kier alpha value is -2.62. The maximum Gasteiger partial charge on any atom is 0.408 e. The highest BCUT2D eigenvalue weighted by atomic mass is 35.5. The summed E-state index contributed by atoms with van der Waals surface area (Å²) in [6, 6.07) is 15.2. The van der Waals surface area contributed by atoms with E-state index in [1.54, 1.807) is 17.0 Å². The molecule has 2 aromatic rings. The number of benzene rings is 2. The van der Waals surface area contributed by atoms with Crippen LogP contribution in [-0.2, 0) is 26.0 Å². The van der Waals surface area contributed by atoms with Gasteiger partial charge in [0.15, 0.2) is 9.84 Å². The summed E-state index contributed by atoms with van der Waals surface area (Å²) in [5.41, 5.74) is 0.861. The smallest absolute Gasteiger partial charge is 0.408 e. The van der Waals surface area contributed by atoms with Gasteiger partial charge in [-0.2, -0.15) is 0 Å². The van der Waals surface area contributed by atoms with Crippen molar-refractivity contribution in [2.24, 2.45) is 5.92 Å². The lowest BCUT2D eigenvalue weighted by Gasteiger charge is -2.44. The standard InChI is InChI=1S/C29H38ClN3O5S/c1-20(2)32(3)24-11-14-27(22(17-24)19-39(36,37)25-12-9-23(30)10-13-25)33-16-15-26(28(33)34)31-29(35)38-18-21-7-5-4-6-8-21/h4-10,12-13,20,22,24,26-27H,11,14-19H2,1-3H3,(H,31,35)/t22-,24+,26-,27-/m0/s1. The van der Waals surface area contributed by atoms with Gasteiger partial charge in [0.05, 0.1) is 10.6 Å². The molecule has 4 rings (SSSR count). The molecule has 39 heavy (non-hydrogen) atoms. The maximum absolute atomic E-state index is 13.4. The number of carbonyl (C=O) groups is 2. The van der Waals surface area contributed by atoms with Crippen molar-refractivity contribution in [3.8, 4) is 0 Å². The second kappa shape index (κ2) is 12.7. The predicted molar refractivity (Wildman–Crippen MR) is 151 cm³/mol. The summed E-state index contributed by atoms with van der Waals surface area (Å²) in [6.45, 7) is 4.84. The fourth-order valence-electron chi connectivity index (χ4n) is 5.70. The van der Waals surface area contributed by atoms with E-state index in [0.717, 1.165) is 12.0 Å². The van der Waals surface area contributed by atoms with Crippen molar-refractivity contribution in [3.05, 3.63) is 65.2 Å². The summed E-state index contributed by atoms with van der Waals surface area (Å²) in [5.74, 6) is -0.470. The summed E-state index contributed by atoms with van der Waals surface area (Å²) in [6.07, 6.45) is 2.08. The van der Waals surface area contributed by atoms with E-state index in [2.05, 4.69) is 31.1 Å². The second-order valence-corrected chi connectivity index (χ2v) is 13.3. The van der Waals surface area contributed by atoms with Gasteiger partial charge in [-0.05, 0) is 82.3 Å². The van der Waals surface area contributed by atoms with E-state index in [-0.39, 0.29) is 41.2 Å². The molecule has 212 valence electrons. The van der Waals surface area contributed by atoms with Crippen LogP contribution in [0.15, 0.2) is 59.5 Å². The Morgan fingerprint density at radius 1 is 1.10 bits per heavy atom. The fraction of sp³-hybridized carbons (Fsp3) is 0.517. The van der Waals surface area contributed by atoms with E-state index in [9.17, 15) is 18.0 Å². The molecule has 1 saturated heterocycles. The third kappa shape index (κ3) is 7.32. The van der Waals surface area contributed by atoms with Crippen LogP contribution < -0.4 is 5.32 Å². The zero-order chi connectivity index (χ0) is 28.2. The van der Waals surface area contributed by atoms with Crippen LogP contribution in [0.25, 0.3) is 0 Å². The van der Waals surface area contributed by atoms with E-state index in [1.807, 2.05) is 30.3 Å². The summed E-state index contributed by atoms with van der Waals surface area (Å²) >= 11 is 5.98. The highest BCUT2D eigenvalue weighted by molar-refractivity contribution is 7.91. The van der Waals surface area contributed by atoms with Gasteiger partial charge in [-0.25, -0.2) is 13.2 Å². The molecule has 1 heterocycles. The van der Waals surface area contributed by atoms with Crippen LogP contribution in [0.4, 0.5) is 4.79 Å². The van der Waals surface area contributed by atoms with Gasteiger partial charge in [0.1, 0.15) is 12.6 Å². The van der Waals surface area contributed by atoms with Crippen molar-refractivity contribution >= 4 is 33.4 Å². The second-order valence-electron chi connectivity index (χ2n) is 10.9. The average Bonchev–Trinajstić information content (AvgIpc) is 3.26. The van der Waals surface area contributed by atoms with E-state index < -0.39 is 22.0 Å². The molecule has 0 unspecified atom stereocenters. The Kier molecular flexibility index (Phi) is 9.56. The van der Waals surface area contributed by atoms with Crippen LogP contribution >= 0.6 is 11.6 Å². The lowest BCUT2D eigenvalue weighted by molar-refractivity contribution is -0.133. The molecule has 0 radical (unpaired) electrons. The first-order valence-corrected chi connectivity index (χ1v) is 15.6. The molecule has 8 nitrogen and oxygen atoms in total. The number of ether oxygens (including phenoxy) is 1. The summed E-state index contributed by atoms with van der Waals surface area (Å²) in [7, 11) is -1.53. The van der Waals surface area contributed by atoms with E-state index in [4.69, 9.17) is 16.3 Å². The normalized spacial score (nSPS) is 23.8. The Morgan fingerprint density at radius 2 is 1.79 bits per heavy atom. The molecular formula is C29H38ClN3O5S. The van der Waals surface area contributed by atoms with Crippen molar-refractivity contribution in [1.29, 1.82) is 0 Å². The summed E-state index contributed by atoms with van der Waals surface area (Å²) < 4.78 is 32.2. The Bertz CT molecular complexity index is 1240. The van der Waals surface area contributed by atoms with Crippen LogP contribution in [0.1, 0.15) is 45.1 Å². The molecule has 0 aromatic heterocycles. The molecule has 1 N–H and O–H groups in total. The first kappa shape index (κ1) is 29.4. The largest absolute Gasteiger partial charge is 0.445 e. The molecule has 4 atom stereocenters. The Balaban J connectivity index is 1.45. The zero-order valence-electron chi connectivity index (χ0n) is 22.8. The molecule has 1 aliphatic heterocycles. The maximum atomic E-state index is 13.4. The third-order valence-corrected chi connectivity index (χ3v) is 10.2. The minimum atomic E-state index is -3.60. The van der Waals surface area contributed by atoms with Crippen LogP contribution in [0.3, 0.4) is 0 Å². The Morgan fingerprint density at radius 3 is 2.46 bits per heavy atom. The van der Waals surface area contributed by atoms with Gasteiger partial charge in [-0.15, -0.1) is 0 Å². The van der Waals surface area contributed by atoms with Gasteiger partial charge < -0.3 is 19.9 Å². The number of alkyl carbamates (subject to hydrolysis) is 1. The van der Waals surface area contributed by atoms with Gasteiger partial charge in [0.2, 0.25) is 5.91 Å². The van der Waals surface area contributed by atoms with Gasteiger partial charge in [0, 0.05) is 29.7 Å². The summed E-state index contributed by atoms with van der Waals surface area (Å²) in [5, 5.41) is 3.19. The minimum Gasteiger partial charge on any atom is -0.445 e. The number of nitrogens with one attached hydrogen (secondary N) is 1. The monoisotopic (exact) mass is 575 g/mol. The highest BCUT2D eigenvalue weighted by Crippen LogP contribution is 2.36. The van der Waals surface area contributed by atoms with Gasteiger partial charge >= 0.3 is 6.09 Å². The number of amides is 2. The van der Waals surface area contributed by atoms with Gasteiger partial charge in [-0.1, -0.05) is 41.9 Å². The Labute approximate surface area is 236 Å². The average molecular weight is 576 g/mol. The van der Waals surface area contributed by atoms with Crippen LogP contribution in [0, 0.1) is 5.92 Å². The third-order valence-electron chi connectivity index (χ3n) is 8.06. The molecule has 2 aliphatic rings. The van der Waals surface area contributed by atoms with E-state index in [1.165, 1.54) is 12.1 Å². The number of sulfone groups is 1. The number of carbonyl (C=O) groups excluding carboxylic acids is 2. The predicted octanol–water partition coefficient (Wildman–Crippen LogP) is 4.52. The van der Waals surface area contributed by atoms with Crippen molar-refractivity contribution in [2.45, 2.75) is 75.2 Å². The van der Waals surface area contributed by atoms with Gasteiger partial charge in [0.25, 0.3) is 0 Å². The van der Waals surface area contributed by atoms with E-state index in [0.29, 0.717) is 36.9 Å².